The van der Waals surface area contributed by atoms with Crippen LogP contribution in [0.5, 0.6) is 0 Å². The summed E-state index contributed by atoms with van der Waals surface area (Å²) in [5, 5.41) is 10.1. The summed E-state index contributed by atoms with van der Waals surface area (Å²) in [6.07, 6.45) is 13.1. The molecule has 0 aromatic heterocycles. The number of aldehydes is 1. The minimum atomic E-state index is -0.230. The van der Waals surface area contributed by atoms with E-state index in [2.05, 4.69) is 39.5 Å². The van der Waals surface area contributed by atoms with Crippen LogP contribution in [0.25, 0.3) is 0 Å². The topological polar surface area (TPSA) is 37.3 Å². The molecule has 0 amide bonds. The molecule has 0 spiro atoms. The Kier molecular flexibility index (Phi) is 10.5. The molecule has 0 aromatic rings. The summed E-state index contributed by atoms with van der Waals surface area (Å²) in [5.74, 6) is 1.68. The molecule has 1 unspecified atom stereocenters. The molecule has 0 saturated heterocycles. The maximum absolute atomic E-state index is 11.4. The molecule has 0 bridgehead atoms. The van der Waals surface area contributed by atoms with Gasteiger partial charge in [-0.3, -0.25) is 0 Å². The minimum Gasteiger partial charge on any atom is -0.393 e. The molecule has 3 saturated carbocycles. The maximum atomic E-state index is 11.4. The van der Waals surface area contributed by atoms with Crippen LogP contribution in [0.4, 0.5) is 0 Å². The molecule has 2 nitrogen and oxygen atoms in total. The molecule has 4 heteroatoms. The number of fused-ring (bicyclic) bond motifs is 1. The molecule has 3 aliphatic rings. The number of carbonyl (C=O) groups excluding carboxylic acids is 1. The van der Waals surface area contributed by atoms with Crippen LogP contribution in [0.3, 0.4) is 0 Å². The van der Waals surface area contributed by atoms with Crippen molar-refractivity contribution < 1.29 is 75.3 Å². The Bertz CT molecular complexity index is 609. The molecule has 0 aromatic carbocycles. The van der Waals surface area contributed by atoms with Crippen molar-refractivity contribution in [3.05, 3.63) is 35.5 Å². The largest absolute Gasteiger partial charge is 0.393 e. The number of rotatable bonds is 3. The Labute approximate surface area is 215 Å². The summed E-state index contributed by atoms with van der Waals surface area (Å²) < 4.78 is 0. The monoisotopic (exact) mass is 520 g/mol. The van der Waals surface area contributed by atoms with E-state index in [1.807, 2.05) is 0 Å². The van der Waals surface area contributed by atoms with Gasteiger partial charge in [-0.25, -0.2) is 0 Å². The Morgan fingerprint density at radius 2 is 1.96 bits per heavy atom. The number of hydrogen-bond donors (Lipinski definition) is 1. The van der Waals surface area contributed by atoms with Crippen molar-refractivity contribution in [3.63, 3.8) is 0 Å². The first-order valence-corrected chi connectivity index (χ1v) is 10.1. The predicted octanol–water partition coefficient (Wildman–Crippen LogP) is 5.23. The number of hydrogen-bond acceptors (Lipinski definition) is 2. The fraction of sp³-hybridized carbons (Fsp3) is 0.696. The van der Waals surface area contributed by atoms with Gasteiger partial charge in [-0.15, -0.1) is 0 Å². The van der Waals surface area contributed by atoms with Gasteiger partial charge in [-0.2, -0.15) is 0 Å². The fourth-order valence-corrected chi connectivity index (χ4v) is 5.96. The molecule has 27 heavy (non-hydrogen) atoms. The van der Waals surface area contributed by atoms with E-state index in [4.69, 9.17) is 0 Å². The van der Waals surface area contributed by atoms with E-state index >= 15 is 0 Å². The average Bonchev–Trinajstić information content (AvgIpc) is 2.93. The minimum absolute atomic E-state index is 0. The molecule has 0 aliphatic heterocycles. The van der Waals surface area contributed by atoms with Crippen LogP contribution in [0, 0.1) is 29.1 Å². The summed E-state index contributed by atoms with van der Waals surface area (Å²) in [5.41, 5.74) is 4.25. The molecule has 3 rings (SSSR count). The van der Waals surface area contributed by atoms with Gasteiger partial charge in [0.15, 0.2) is 0 Å². The van der Waals surface area contributed by atoms with Gasteiger partial charge < -0.3 is 9.90 Å². The van der Waals surface area contributed by atoms with E-state index < -0.39 is 0 Å². The first-order chi connectivity index (χ1) is 11.9. The number of carbonyl (C=O) groups is 1. The van der Waals surface area contributed by atoms with Crippen molar-refractivity contribution in [2.24, 2.45) is 29.1 Å². The van der Waals surface area contributed by atoms with E-state index in [0.29, 0.717) is 17.8 Å². The summed E-state index contributed by atoms with van der Waals surface area (Å²) >= 11 is 0. The van der Waals surface area contributed by atoms with Gasteiger partial charge in [-0.1, -0.05) is 45.1 Å². The second-order valence-electron chi connectivity index (χ2n) is 9.04. The molecule has 3 aliphatic carbocycles. The zero-order chi connectivity index (χ0) is 18.2. The quantitative estimate of drug-likeness (QED) is 0.518. The Morgan fingerprint density at radius 3 is 2.63 bits per heavy atom. The van der Waals surface area contributed by atoms with E-state index in [0.717, 1.165) is 19.1 Å². The van der Waals surface area contributed by atoms with Crippen molar-refractivity contribution in [1.29, 1.82) is 0 Å². The summed E-state index contributed by atoms with van der Waals surface area (Å²) in [7, 11) is 0. The first kappa shape index (κ1) is 26.1. The summed E-state index contributed by atoms with van der Waals surface area (Å²) in [4.78, 5) is 11.4. The third-order valence-corrected chi connectivity index (χ3v) is 7.47. The van der Waals surface area contributed by atoms with Gasteiger partial charge in [-0.05, 0) is 79.3 Å². The fourth-order valence-electron chi connectivity index (χ4n) is 5.96. The van der Waals surface area contributed by atoms with E-state index in [1.54, 1.807) is 5.57 Å². The molecule has 2 radical (unpaired) electrons. The Morgan fingerprint density at radius 1 is 1.26 bits per heavy atom. The van der Waals surface area contributed by atoms with Crippen LogP contribution in [-0.2, 0) is 70.2 Å². The van der Waals surface area contributed by atoms with Crippen molar-refractivity contribution >= 4 is 6.29 Å². The molecule has 144 valence electrons. The third-order valence-electron chi connectivity index (χ3n) is 7.47. The standard InChI is InChI=1S/C23H34O2.2Y/c1-15-12-20(25)13-19(17(15)3)8-7-18-6-5-11-23(4)21(16(2)14-24)9-10-22(18)23;;/h7-8,14-16,20-22,25H,3,5-6,9-13H2,1-2,4H3;;/b18-7+,19-8-;;/t15-,16+,20-,21?,22-,23+;;/m0../s1. The maximum Gasteiger partial charge on any atom is 0.123 e. The molecular weight excluding hydrogens is 486 g/mol. The molecular formula is C23H34O2Y2. The summed E-state index contributed by atoms with van der Waals surface area (Å²) in [6.45, 7) is 10.9. The zero-order valence-electron chi connectivity index (χ0n) is 17.3. The van der Waals surface area contributed by atoms with Crippen LogP contribution in [0.1, 0.15) is 65.7 Å². The number of aliphatic hydroxyl groups excluding tert-OH is 1. The van der Waals surface area contributed by atoms with Crippen molar-refractivity contribution in [2.45, 2.75) is 71.8 Å². The van der Waals surface area contributed by atoms with Crippen molar-refractivity contribution in [3.8, 4) is 0 Å². The SMILES string of the molecule is C=C1/C(=C\C=C2/CCC[C@]3(C)C([C@H](C)C=O)CC[C@@H]23)C[C@@H](O)C[C@@H]1C.[Y].[Y]. The van der Waals surface area contributed by atoms with Crippen LogP contribution in [-0.4, -0.2) is 17.5 Å². The van der Waals surface area contributed by atoms with Crippen molar-refractivity contribution in [1.82, 2.24) is 0 Å². The van der Waals surface area contributed by atoms with Crippen molar-refractivity contribution in [2.75, 3.05) is 0 Å². The first-order valence-electron chi connectivity index (χ1n) is 10.1. The Hall–Kier alpha value is 1.06. The van der Waals surface area contributed by atoms with E-state index in [9.17, 15) is 9.90 Å². The molecule has 0 heterocycles. The third kappa shape index (κ3) is 5.41. The van der Waals surface area contributed by atoms with Crippen LogP contribution in [0.15, 0.2) is 35.5 Å². The second-order valence-corrected chi connectivity index (χ2v) is 9.04. The van der Waals surface area contributed by atoms with Gasteiger partial charge in [0.05, 0.1) is 6.10 Å². The predicted molar refractivity (Wildman–Crippen MR) is 103 cm³/mol. The molecule has 6 atom stereocenters. The smallest absolute Gasteiger partial charge is 0.123 e. The molecule has 3 fully saturated rings. The van der Waals surface area contributed by atoms with Gasteiger partial charge in [0.2, 0.25) is 0 Å². The average molecular weight is 520 g/mol. The van der Waals surface area contributed by atoms with E-state index in [1.165, 1.54) is 43.3 Å². The number of allylic oxidation sites excluding steroid dienone is 4. The van der Waals surface area contributed by atoms with Crippen LogP contribution in [0.2, 0.25) is 0 Å². The van der Waals surface area contributed by atoms with E-state index in [-0.39, 0.29) is 82.9 Å². The van der Waals surface area contributed by atoms with Crippen LogP contribution >= 0.6 is 0 Å². The number of aliphatic hydroxyl groups is 1. The molecule has 1 N–H and O–H groups in total. The van der Waals surface area contributed by atoms with Gasteiger partial charge >= 0.3 is 0 Å². The normalized spacial score (nSPS) is 40.1. The Balaban J connectivity index is 0.00000182. The van der Waals surface area contributed by atoms with Gasteiger partial charge in [0.25, 0.3) is 0 Å². The summed E-state index contributed by atoms with van der Waals surface area (Å²) in [6, 6.07) is 0. The zero-order valence-corrected chi connectivity index (χ0v) is 23.0. The van der Waals surface area contributed by atoms with Gasteiger partial charge in [0, 0.05) is 71.3 Å². The van der Waals surface area contributed by atoms with Crippen LogP contribution < -0.4 is 0 Å². The van der Waals surface area contributed by atoms with Gasteiger partial charge in [0.1, 0.15) is 6.29 Å². The second kappa shape index (κ2) is 10.9.